The summed E-state index contributed by atoms with van der Waals surface area (Å²) in [4.78, 5) is 29.9. The van der Waals surface area contributed by atoms with Crippen LogP contribution >= 0.6 is 0 Å². The second-order valence-corrected chi connectivity index (χ2v) is 4.86. The molecule has 0 amide bonds. The number of azo groups is 1. The van der Waals surface area contributed by atoms with Crippen molar-refractivity contribution >= 4 is 33.9 Å². The molecule has 0 saturated carbocycles. The number of fused-ring (bicyclic) bond motifs is 1. The summed E-state index contributed by atoms with van der Waals surface area (Å²) >= 11 is 0. The molecule has 1 aromatic heterocycles. The number of benzene rings is 2. The summed E-state index contributed by atoms with van der Waals surface area (Å²) in [7, 11) is 0. The molecule has 0 atom stereocenters. The van der Waals surface area contributed by atoms with Crippen molar-refractivity contribution < 1.29 is 9.90 Å². The fraction of sp³-hybridized carbons (Fsp3) is 0. The standard InChI is InChI=1S/C17H10N4O3/c1-18-10-5-4-6-11(9-10)20-21-14-15(17(23)24)19-13-8-3-2-7-12(13)16(14)22/h2-9H,(H,19,22)(H,23,24). The Kier molecular flexibility index (Phi) is 3.87. The van der Waals surface area contributed by atoms with E-state index in [9.17, 15) is 14.7 Å². The summed E-state index contributed by atoms with van der Waals surface area (Å²) < 4.78 is 0. The zero-order chi connectivity index (χ0) is 17.1. The van der Waals surface area contributed by atoms with Crippen molar-refractivity contribution in [1.29, 1.82) is 0 Å². The summed E-state index contributed by atoms with van der Waals surface area (Å²) in [6, 6.07) is 12.9. The number of carboxylic acid groups (broad SMARTS) is 1. The van der Waals surface area contributed by atoms with Crippen LogP contribution in [-0.2, 0) is 0 Å². The Morgan fingerprint density at radius 2 is 1.92 bits per heavy atom. The van der Waals surface area contributed by atoms with Crippen LogP contribution in [0.3, 0.4) is 0 Å². The molecule has 0 aliphatic rings. The van der Waals surface area contributed by atoms with Gasteiger partial charge in [-0.1, -0.05) is 24.3 Å². The number of aromatic carboxylic acids is 1. The number of nitrogens with zero attached hydrogens (tertiary/aromatic N) is 3. The van der Waals surface area contributed by atoms with Crippen LogP contribution in [0.25, 0.3) is 15.7 Å². The molecule has 0 fully saturated rings. The van der Waals surface area contributed by atoms with Crippen molar-refractivity contribution in [2.24, 2.45) is 10.2 Å². The molecule has 0 aliphatic carbocycles. The minimum atomic E-state index is -1.30. The molecule has 24 heavy (non-hydrogen) atoms. The largest absolute Gasteiger partial charge is 0.477 e. The number of nitrogens with one attached hydrogen (secondary N) is 1. The highest BCUT2D eigenvalue weighted by Gasteiger charge is 2.17. The van der Waals surface area contributed by atoms with Gasteiger partial charge in [0.15, 0.2) is 17.1 Å². The smallest absolute Gasteiger partial charge is 0.354 e. The monoisotopic (exact) mass is 318 g/mol. The van der Waals surface area contributed by atoms with Gasteiger partial charge in [-0.05, 0) is 24.3 Å². The number of para-hydroxylation sites is 1. The summed E-state index contributed by atoms with van der Waals surface area (Å²) in [6.07, 6.45) is 0. The van der Waals surface area contributed by atoms with Gasteiger partial charge in [-0.15, -0.1) is 5.11 Å². The van der Waals surface area contributed by atoms with Crippen molar-refractivity contribution in [3.8, 4) is 0 Å². The van der Waals surface area contributed by atoms with Gasteiger partial charge >= 0.3 is 5.97 Å². The summed E-state index contributed by atoms with van der Waals surface area (Å²) in [5, 5.41) is 17.4. The molecule has 116 valence electrons. The van der Waals surface area contributed by atoms with Crippen LogP contribution in [0.2, 0.25) is 0 Å². The van der Waals surface area contributed by atoms with E-state index < -0.39 is 11.4 Å². The van der Waals surface area contributed by atoms with Crippen molar-refractivity contribution in [1.82, 2.24) is 4.98 Å². The molecule has 0 spiro atoms. The molecule has 7 nitrogen and oxygen atoms in total. The van der Waals surface area contributed by atoms with E-state index in [-0.39, 0.29) is 11.4 Å². The lowest BCUT2D eigenvalue weighted by Crippen LogP contribution is -2.11. The van der Waals surface area contributed by atoms with Gasteiger partial charge < -0.3 is 10.1 Å². The second-order valence-electron chi connectivity index (χ2n) is 4.86. The third-order valence-electron chi connectivity index (χ3n) is 3.32. The maximum Gasteiger partial charge on any atom is 0.354 e. The molecular weight excluding hydrogens is 308 g/mol. The Bertz CT molecular complexity index is 1080. The number of carbonyl (C=O) groups is 1. The van der Waals surface area contributed by atoms with Crippen molar-refractivity contribution in [3.05, 3.63) is 75.9 Å². The molecule has 7 heteroatoms. The fourth-order valence-electron chi connectivity index (χ4n) is 2.21. The maximum atomic E-state index is 12.5. The average Bonchev–Trinajstić information content (AvgIpc) is 2.61. The number of aromatic amines is 1. The summed E-state index contributed by atoms with van der Waals surface area (Å²) in [6.45, 7) is 6.97. The topological polar surface area (TPSA) is 99.2 Å². The van der Waals surface area contributed by atoms with E-state index in [0.717, 1.165) is 0 Å². The number of aromatic nitrogens is 1. The second kappa shape index (κ2) is 6.14. The third kappa shape index (κ3) is 2.76. The van der Waals surface area contributed by atoms with Crippen molar-refractivity contribution in [2.45, 2.75) is 0 Å². The van der Waals surface area contributed by atoms with Gasteiger partial charge in [-0.2, -0.15) is 5.11 Å². The maximum absolute atomic E-state index is 12.5. The van der Waals surface area contributed by atoms with Crippen LogP contribution in [0.15, 0.2) is 63.6 Å². The predicted octanol–water partition coefficient (Wildman–Crippen LogP) is 4.19. The molecule has 2 N–H and O–H groups in total. The Hall–Kier alpha value is -3.79. The third-order valence-corrected chi connectivity index (χ3v) is 3.32. The molecule has 0 saturated heterocycles. The van der Waals surface area contributed by atoms with Gasteiger partial charge in [0.05, 0.1) is 17.8 Å². The molecular formula is C17H10N4O3. The van der Waals surface area contributed by atoms with E-state index in [2.05, 4.69) is 20.1 Å². The normalized spacial score (nSPS) is 10.8. The van der Waals surface area contributed by atoms with E-state index in [1.165, 1.54) is 6.07 Å². The highest BCUT2D eigenvalue weighted by atomic mass is 16.4. The molecule has 0 bridgehead atoms. The highest BCUT2D eigenvalue weighted by Crippen LogP contribution is 2.24. The Morgan fingerprint density at radius 1 is 1.12 bits per heavy atom. The number of pyridine rings is 1. The first-order valence-electron chi connectivity index (χ1n) is 6.87. The summed E-state index contributed by atoms with van der Waals surface area (Å²) in [5.41, 5.74) is 0.00334. The molecule has 3 aromatic rings. The Morgan fingerprint density at radius 3 is 2.67 bits per heavy atom. The van der Waals surface area contributed by atoms with Gasteiger partial charge in [0.1, 0.15) is 0 Å². The van der Waals surface area contributed by atoms with E-state index in [0.29, 0.717) is 22.3 Å². The minimum Gasteiger partial charge on any atom is -0.477 e. The van der Waals surface area contributed by atoms with Crippen LogP contribution in [-0.4, -0.2) is 16.1 Å². The van der Waals surface area contributed by atoms with Crippen molar-refractivity contribution in [3.63, 3.8) is 0 Å². The first kappa shape index (κ1) is 15.1. The molecule has 3 rings (SSSR count). The number of hydrogen-bond acceptors (Lipinski definition) is 4. The van der Waals surface area contributed by atoms with Gasteiger partial charge in [0, 0.05) is 5.39 Å². The van der Waals surface area contributed by atoms with Gasteiger partial charge in [0.25, 0.3) is 0 Å². The molecule has 0 unspecified atom stereocenters. The number of H-pyrrole nitrogens is 1. The van der Waals surface area contributed by atoms with E-state index >= 15 is 0 Å². The molecule has 2 aromatic carbocycles. The summed E-state index contributed by atoms with van der Waals surface area (Å²) in [5.74, 6) is -1.30. The zero-order valence-electron chi connectivity index (χ0n) is 12.2. The average molecular weight is 318 g/mol. The van der Waals surface area contributed by atoms with Crippen LogP contribution in [0.5, 0.6) is 0 Å². The molecule has 1 heterocycles. The number of carboxylic acids is 1. The van der Waals surface area contributed by atoms with Crippen LogP contribution in [0.4, 0.5) is 17.1 Å². The Labute approximate surface area is 135 Å². The quantitative estimate of drug-likeness (QED) is 0.559. The lowest BCUT2D eigenvalue weighted by molar-refractivity contribution is 0.0692. The van der Waals surface area contributed by atoms with Crippen LogP contribution in [0, 0.1) is 6.57 Å². The van der Waals surface area contributed by atoms with E-state index in [4.69, 9.17) is 6.57 Å². The molecule has 0 aliphatic heterocycles. The predicted molar refractivity (Wildman–Crippen MR) is 88.4 cm³/mol. The van der Waals surface area contributed by atoms with Gasteiger partial charge in [-0.3, -0.25) is 4.79 Å². The highest BCUT2D eigenvalue weighted by molar-refractivity contribution is 5.95. The number of rotatable bonds is 3. The lowest BCUT2D eigenvalue weighted by atomic mass is 10.1. The first-order chi connectivity index (χ1) is 11.6. The van der Waals surface area contributed by atoms with E-state index in [1.54, 1.807) is 42.5 Å². The van der Waals surface area contributed by atoms with Crippen LogP contribution < -0.4 is 5.43 Å². The minimum absolute atomic E-state index is 0.283. The number of hydrogen-bond donors (Lipinski definition) is 2. The Balaban J connectivity index is 2.17. The van der Waals surface area contributed by atoms with E-state index in [1.807, 2.05) is 0 Å². The first-order valence-corrected chi connectivity index (χ1v) is 6.87. The SMILES string of the molecule is [C-]#[N+]c1cccc(N=Nc2c(C(=O)O)[nH]c3ccccc3c2=O)c1. The fourth-order valence-corrected chi connectivity index (χ4v) is 2.21. The van der Waals surface area contributed by atoms with Crippen LogP contribution in [0.1, 0.15) is 10.5 Å². The molecule has 0 radical (unpaired) electrons. The zero-order valence-corrected chi connectivity index (χ0v) is 12.2. The lowest BCUT2D eigenvalue weighted by Gasteiger charge is -2.03. The van der Waals surface area contributed by atoms with Crippen molar-refractivity contribution in [2.75, 3.05) is 0 Å². The van der Waals surface area contributed by atoms with Gasteiger partial charge in [-0.25, -0.2) is 9.64 Å². The van der Waals surface area contributed by atoms with Gasteiger partial charge in [0.2, 0.25) is 5.43 Å².